The Morgan fingerprint density at radius 2 is 1.72 bits per heavy atom. The van der Waals surface area contributed by atoms with Crippen LogP contribution in [-0.2, 0) is 11.2 Å². The molecule has 2 aromatic rings. The number of benzene rings is 2. The molecule has 3 N–H and O–H groups in total. The van der Waals surface area contributed by atoms with Crippen molar-refractivity contribution in [2.45, 2.75) is 13.3 Å². The molecule has 0 bridgehead atoms. The predicted octanol–water partition coefficient (Wildman–Crippen LogP) is 0.170. The molecule has 0 atom stereocenters. The Balaban J connectivity index is 1.27. The van der Waals surface area contributed by atoms with Crippen LogP contribution >= 0.6 is 11.6 Å². The van der Waals surface area contributed by atoms with Gasteiger partial charge in [-0.25, -0.2) is 0 Å². The summed E-state index contributed by atoms with van der Waals surface area (Å²) in [6.45, 7) is 9.29. The first-order valence-electron chi connectivity index (χ1n) is 10.5. The summed E-state index contributed by atoms with van der Waals surface area (Å²) in [6.07, 6.45) is 0.888. The van der Waals surface area contributed by atoms with Crippen molar-refractivity contribution >= 4 is 17.5 Å². The summed E-state index contributed by atoms with van der Waals surface area (Å²) in [4.78, 5) is 15.2. The van der Waals surface area contributed by atoms with Crippen LogP contribution < -0.4 is 19.9 Å². The van der Waals surface area contributed by atoms with Crippen molar-refractivity contribution in [3.05, 3.63) is 64.7 Å². The zero-order valence-corrected chi connectivity index (χ0v) is 17.9. The summed E-state index contributed by atoms with van der Waals surface area (Å²) in [6, 6.07) is 15.8. The fourth-order valence-corrected chi connectivity index (χ4v) is 3.87. The van der Waals surface area contributed by atoms with E-state index in [1.807, 2.05) is 30.3 Å². The van der Waals surface area contributed by atoms with Crippen LogP contribution in [-0.4, -0.2) is 58.3 Å². The van der Waals surface area contributed by atoms with E-state index in [2.05, 4.69) is 30.4 Å². The number of carbonyl (C=O) groups is 1. The van der Waals surface area contributed by atoms with Crippen molar-refractivity contribution in [2.24, 2.45) is 0 Å². The van der Waals surface area contributed by atoms with Gasteiger partial charge in [0, 0.05) is 11.6 Å². The lowest BCUT2D eigenvalue weighted by Crippen LogP contribution is -3.28. The van der Waals surface area contributed by atoms with Crippen molar-refractivity contribution in [3.63, 3.8) is 0 Å². The molecule has 1 amide bonds. The van der Waals surface area contributed by atoms with Crippen LogP contribution in [0.15, 0.2) is 48.5 Å². The van der Waals surface area contributed by atoms with E-state index >= 15 is 0 Å². The predicted molar refractivity (Wildman–Crippen MR) is 116 cm³/mol. The number of ether oxygens (including phenoxy) is 1. The fraction of sp³-hybridized carbons (Fsp3) is 0.435. The van der Waals surface area contributed by atoms with E-state index in [0.717, 1.165) is 49.9 Å². The SMILES string of the molecule is Cc1ccccc1CCNC(=O)C[NH+]1CC[NH+](CCOc2ccc(Cl)cc2)CC1. The number of aryl methyl sites for hydroxylation is 1. The minimum Gasteiger partial charge on any atom is -0.488 e. The largest absolute Gasteiger partial charge is 0.488 e. The van der Waals surface area contributed by atoms with E-state index in [-0.39, 0.29) is 5.91 Å². The van der Waals surface area contributed by atoms with Gasteiger partial charge in [-0.15, -0.1) is 0 Å². The molecule has 0 unspecified atom stereocenters. The third kappa shape index (κ3) is 7.35. The summed E-state index contributed by atoms with van der Waals surface area (Å²) >= 11 is 5.89. The topological polar surface area (TPSA) is 47.2 Å². The average molecular weight is 418 g/mol. The van der Waals surface area contributed by atoms with Crippen molar-refractivity contribution in [3.8, 4) is 5.75 Å². The maximum atomic E-state index is 12.3. The van der Waals surface area contributed by atoms with Gasteiger partial charge >= 0.3 is 0 Å². The Hall–Kier alpha value is -2.08. The molecule has 6 heteroatoms. The summed E-state index contributed by atoms with van der Waals surface area (Å²) in [5.41, 5.74) is 2.59. The summed E-state index contributed by atoms with van der Waals surface area (Å²) in [5, 5.41) is 3.80. The Labute approximate surface area is 178 Å². The normalized spacial score (nSPS) is 19.0. The van der Waals surface area contributed by atoms with E-state index in [0.29, 0.717) is 19.7 Å². The van der Waals surface area contributed by atoms with Crippen LogP contribution in [0.2, 0.25) is 5.02 Å². The van der Waals surface area contributed by atoms with Gasteiger partial charge in [0.15, 0.2) is 6.54 Å². The fourth-order valence-electron chi connectivity index (χ4n) is 3.74. The smallest absolute Gasteiger partial charge is 0.275 e. The Bertz CT molecular complexity index is 774. The van der Waals surface area contributed by atoms with E-state index < -0.39 is 0 Å². The first-order chi connectivity index (χ1) is 14.1. The number of nitrogens with one attached hydrogen (secondary N) is 3. The third-order valence-electron chi connectivity index (χ3n) is 5.59. The van der Waals surface area contributed by atoms with Gasteiger partial charge in [0.05, 0.1) is 0 Å². The number of carbonyl (C=O) groups excluding carboxylic acids is 1. The van der Waals surface area contributed by atoms with Crippen molar-refractivity contribution in [2.75, 3.05) is 52.4 Å². The van der Waals surface area contributed by atoms with E-state index in [1.54, 1.807) is 4.90 Å². The Kier molecular flexibility index (Phi) is 8.35. The molecule has 3 rings (SSSR count). The number of hydrogen-bond donors (Lipinski definition) is 3. The maximum absolute atomic E-state index is 12.3. The van der Waals surface area contributed by atoms with Crippen LogP contribution in [0.3, 0.4) is 0 Å². The van der Waals surface area contributed by atoms with Crippen molar-refractivity contribution < 1.29 is 19.3 Å². The molecular formula is C23H32ClN3O2+2. The lowest BCUT2D eigenvalue weighted by Gasteiger charge is -2.29. The van der Waals surface area contributed by atoms with Crippen LogP contribution in [0, 0.1) is 6.92 Å². The van der Waals surface area contributed by atoms with Gasteiger partial charge in [-0.2, -0.15) is 0 Å². The summed E-state index contributed by atoms with van der Waals surface area (Å²) < 4.78 is 5.79. The zero-order chi connectivity index (χ0) is 20.5. The van der Waals surface area contributed by atoms with Crippen LogP contribution in [0.4, 0.5) is 0 Å². The zero-order valence-electron chi connectivity index (χ0n) is 17.2. The second-order valence-corrected chi connectivity index (χ2v) is 8.19. The lowest BCUT2D eigenvalue weighted by molar-refractivity contribution is -1.01. The molecule has 29 heavy (non-hydrogen) atoms. The van der Waals surface area contributed by atoms with Crippen LogP contribution in [0.5, 0.6) is 5.75 Å². The molecule has 0 spiro atoms. The van der Waals surface area contributed by atoms with Gasteiger partial charge in [0.25, 0.3) is 5.91 Å². The van der Waals surface area contributed by atoms with E-state index in [9.17, 15) is 4.79 Å². The van der Waals surface area contributed by atoms with Gasteiger partial charge in [-0.1, -0.05) is 35.9 Å². The average Bonchev–Trinajstić information content (AvgIpc) is 2.72. The van der Waals surface area contributed by atoms with Gasteiger partial charge in [0.2, 0.25) is 0 Å². The summed E-state index contributed by atoms with van der Waals surface area (Å²) in [7, 11) is 0. The van der Waals surface area contributed by atoms with Crippen molar-refractivity contribution in [1.29, 1.82) is 0 Å². The number of halogens is 1. The second-order valence-electron chi connectivity index (χ2n) is 7.76. The highest BCUT2D eigenvalue weighted by molar-refractivity contribution is 6.30. The third-order valence-corrected chi connectivity index (χ3v) is 5.84. The Morgan fingerprint density at radius 3 is 2.45 bits per heavy atom. The summed E-state index contributed by atoms with van der Waals surface area (Å²) in [5.74, 6) is 1.02. The second kappa shape index (κ2) is 11.2. The number of quaternary nitrogens is 2. The molecule has 1 aliphatic rings. The number of rotatable bonds is 9. The highest BCUT2D eigenvalue weighted by atomic mass is 35.5. The molecule has 0 aromatic heterocycles. The molecule has 0 aliphatic carbocycles. The molecule has 156 valence electrons. The van der Waals surface area contributed by atoms with E-state index in [4.69, 9.17) is 16.3 Å². The molecule has 1 saturated heterocycles. The minimum atomic E-state index is 0.156. The number of amides is 1. The van der Waals surface area contributed by atoms with Gasteiger partial charge in [0.1, 0.15) is 45.1 Å². The van der Waals surface area contributed by atoms with Gasteiger partial charge in [-0.3, -0.25) is 4.79 Å². The molecule has 0 saturated carbocycles. The van der Waals surface area contributed by atoms with Crippen molar-refractivity contribution in [1.82, 2.24) is 5.32 Å². The monoisotopic (exact) mass is 417 g/mol. The maximum Gasteiger partial charge on any atom is 0.275 e. The highest BCUT2D eigenvalue weighted by Crippen LogP contribution is 2.14. The first-order valence-corrected chi connectivity index (χ1v) is 10.8. The number of piperazine rings is 1. The lowest BCUT2D eigenvalue weighted by atomic mass is 10.1. The molecule has 1 aliphatic heterocycles. The van der Waals surface area contributed by atoms with E-state index in [1.165, 1.54) is 16.0 Å². The molecule has 0 radical (unpaired) electrons. The van der Waals surface area contributed by atoms with Crippen LogP contribution in [0.1, 0.15) is 11.1 Å². The standard InChI is InChI=1S/C23H30ClN3O2/c1-19-4-2-3-5-20(19)10-11-25-23(28)18-27-14-12-26(13-15-27)16-17-29-22-8-6-21(24)7-9-22/h2-9H,10-18H2,1H3,(H,25,28)/p+2. The molecule has 5 nitrogen and oxygen atoms in total. The molecule has 1 fully saturated rings. The highest BCUT2D eigenvalue weighted by Gasteiger charge is 2.24. The van der Waals surface area contributed by atoms with Gasteiger partial charge < -0.3 is 19.9 Å². The Morgan fingerprint density at radius 1 is 1.03 bits per heavy atom. The first kappa shape index (κ1) is 21.6. The molecular weight excluding hydrogens is 386 g/mol. The van der Waals surface area contributed by atoms with Crippen LogP contribution in [0.25, 0.3) is 0 Å². The van der Waals surface area contributed by atoms with Gasteiger partial charge in [-0.05, 0) is 48.7 Å². The molecule has 2 aromatic carbocycles. The minimum absolute atomic E-state index is 0.156. The number of hydrogen-bond acceptors (Lipinski definition) is 2. The molecule has 1 heterocycles. The quantitative estimate of drug-likeness (QED) is 0.544.